The van der Waals surface area contributed by atoms with Crippen LogP contribution in [0.4, 0.5) is 4.79 Å². The van der Waals surface area contributed by atoms with Crippen molar-refractivity contribution in [3.05, 3.63) is 30.3 Å². The Labute approximate surface area is 133 Å². The van der Waals surface area contributed by atoms with Crippen molar-refractivity contribution in [1.29, 1.82) is 0 Å². The van der Waals surface area contributed by atoms with Crippen molar-refractivity contribution >= 4 is 6.03 Å². The van der Waals surface area contributed by atoms with Crippen LogP contribution < -0.4 is 15.4 Å². The van der Waals surface area contributed by atoms with Gasteiger partial charge in [0.05, 0.1) is 0 Å². The number of piperidine rings is 1. The van der Waals surface area contributed by atoms with Gasteiger partial charge in [-0.25, -0.2) is 4.79 Å². The van der Waals surface area contributed by atoms with Crippen molar-refractivity contribution in [1.82, 2.24) is 15.5 Å². The molecule has 0 aromatic heterocycles. The van der Waals surface area contributed by atoms with Gasteiger partial charge in [0, 0.05) is 31.7 Å². The number of nitrogens with one attached hydrogen (secondary N) is 2. The summed E-state index contributed by atoms with van der Waals surface area (Å²) in [7, 11) is 0. The zero-order valence-corrected chi connectivity index (χ0v) is 13.5. The van der Waals surface area contributed by atoms with Gasteiger partial charge < -0.3 is 20.3 Å². The zero-order chi connectivity index (χ0) is 15.8. The number of amides is 2. The molecule has 0 radical (unpaired) electrons. The highest BCUT2D eigenvalue weighted by Gasteiger charge is 2.23. The van der Waals surface area contributed by atoms with Gasteiger partial charge in [-0.2, -0.15) is 0 Å². The Bertz CT molecular complexity index is 444. The summed E-state index contributed by atoms with van der Waals surface area (Å²) < 4.78 is 5.76. The van der Waals surface area contributed by atoms with E-state index in [1.54, 1.807) is 0 Å². The number of para-hydroxylation sites is 1. The first kappa shape index (κ1) is 16.6. The van der Waals surface area contributed by atoms with Crippen LogP contribution in [-0.4, -0.2) is 49.3 Å². The molecule has 1 heterocycles. The predicted octanol–water partition coefficient (Wildman–Crippen LogP) is 2.24. The van der Waals surface area contributed by atoms with Gasteiger partial charge in [-0.3, -0.25) is 0 Å². The molecule has 1 saturated heterocycles. The summed E-state index contributed by atoms with van der Waals surface area (Å²) in [5.41, 5.74) is 0. The van der Waals surface area contributed by atoms with Crippen molar-refractivity contribution in [3.8, 4) is 5.75 Å². The number of carbonyl (C=O) groups excluding carboxylic acids is 1. The van der Waals surface area contributed by atoms with Crippen LogP contribution in [0.1, 0.15) is 26.7 Å². The molecule has 1 aromatic carbocycles. The fourth-order valence-corrected chi connectivity index (χ4v) is 2.70. The molecule has 1 fully saturated rings. The van der Waals surface area contributed by atoms with Crippen molar-refractivity contribution in [2.24, 2.45) is 0 Å². The van der Waals surface area contributed by atoms with Gasteiger partial charge >= 0.3 is 6.03 Å². The van der Waals surface area contributed by atoms with Crippen LogP contribution in [0.15, 0.2) is 30.3 Å². The number of rotatable bonds is 6. The molecule has 1 aliphatic heterocycles. The number of urea groups is 1. The summed E-state index contributed by atoms with van der Waals surface area (Å²) >= 11 is 0. The first-order valence-electron chi connectivity index (χ1n) is 8.15. The number of ether oxygens (including phenoxy) is 1. The smallest absolute Gasteiger partial charge is 0.317 e. The second-order valence-electron chi connectivity index (χ2n) is 5.79. The predicted molar refractivity (Wildman–Crippen MR) is 88.2 cm³/mol. The lowest BCUT2D eigenvalue weighted by Crippen LogP contribution is -2.50. The van der Waals surface area contributed by atoms with E-state index in [0.717, 1.165) is 31.7 Å². The molecular weight excluding hydrogens is 278 g/mol. The van der Waals surface area contributed by atoms with Crippen molar-refractivity contribution in [3.63, 3.8) is 0 Å². The number of hydrogen-bond donors (Lipinski definition) is 2. The van der Waals surface area contributed by atoms with Crippen LogP contribution in [0, 0.1) is 0 Å². The normalized spacial score (nSPS) is 17.1. The SMILES string of the molecule is CCNC(=O)N1CCC(N[C@H](C)COc2ccccc2)CC1. The van der Waals surface area contributed by atoms with Gasteiger partial charge in [-0.05, 0) is 38.8 Å². The number of hydrogen-bond acceptors (Lipinski definition) is 3. The largest absolute Gasteiger partial charge is 0.492 e. The number of benzene rings is 1. The quantitative estimate of drug-likeness (QED) is 0.847. The molecule has 0 unspecified atom stereocenters. The molecule has 0 spiro atoms. The monoisotopic (exact) mass is 305 g/mol. The van der Waals surface area contributed by atoms with E-state index in [1.807, 2.05) is 42.2 Å². The molecule has 0 saturated carbocycles. The summed E-state index contributed by atoms with van der Waals surface area (Å²) in [4.78, 5) is 13.7. The van der Waals surface area contributed by atoms with E-state index in [4.69, 9.17) is 4.74 Å². The second kappa shape index (κ2) is 8.63. The maximum Gasteiger partial charge on any atom is 0.317 e. The van der Waals surface area contributed by atoms with Gasteiger partial charge in [0.2, 0.25) is 0 Å². The van der Waals surface area contributed by atoms with E-state index in [1.165, 1.54) is 0 Å². The van der Waals surface area contributed by atoms with E-state index in [-0.39, 0.29) is 6.03 Å². The van der Waals surface area contributed by atoms with Crippen LogP contribution in [-0.2, 0) is 0 Å². The van der Waals surface area contributed by atoms with Gasteiger partial charge in [-0.1, -0.05) is 18.2 Å². The highest BCUT2D eigenvalue weighted by molar-refractivity contribution is 5.74. The van der Waals surface area contributed by atoms with E-state index in [9.17, 15) is 4.79 Å². The fourth-order valence-electron chi connectivity index (χ4n) is 2.70. The molecule has 5 heteroatoms. The minimum Gasteiger partial charge on any atom is -0.492 e. The average Bonchev–Trinajstić information content (AvgIpc) is 2.55. The molecule has 2 N–H and O–H groups in total. The highest BCUT2D eigenvalue weighted by Crippen LogP contribution is 2.12. The van der Waals surface area contributed by atoms with Crippen LogP contribution in [0.2, 0.25) is 0 Å². The fraction of sp³-hybridized carbons (Fsp3) is 0.588. The Morgan fingerprint density at radius 1 is 1.32 bits per heavy atom. The molecule has 2 amide bonds. The summed E-state index contributed by atoms with van der Waals surface area (Å²) in [6.45, 7) is 7.05. The van der Waals surface area contributed by atoms with Gasteiger partial charge in [0.1, 0.15) is 12.4 Å². The Morgan fingerprint density at radius 3 is 2.64 bits per heavy atom. The molecule has 1 aromatic rings. The molecule has 0 aliphatic carbocycles. The minimum absolute atomic E-state index is 0.0569. The second-order valence-corrected chi connectivity index (χ2v) is 5.79. The average molecular weight is 305 g/mol. The summed E-state index contributed by atoms with van der Waals surface area (Å²) in [5, 5.41) is 6.45. The van der Waals surface area contributed by atoms with Gasteiger partial charge in [-0.15, -0.1) is 0 Å². The summed E-state index contributed by atoms with van der Waals surface area (Å²) in [6.07, 6.45) is 1.99. The molecule has 22 heavy (non-hydrogen) atoms. The standard InChI is InChI=1S/C17H27N3O2/c1-3-18-17(21)20-11-9-15(10-12-20)19-14(2)13-22-16-7-5-4-6-8-16/h4-8,14-15,19H,3,9-13H2,1-2H3,(H,18,21)/t14-/m1/s1. The molecule has 1 atom stereocenters. The van der Waals surface area contributed by atoms with Gasteiger partial charge in [0.15, 0.2) is 0 Å². The maximum absolute atomic E-state index is 11.8. The number of likely N-dealkylation sites (tertiary alicyclic amines) is 1. The molecule has 0 bridgehead atoms. The van der Waals surface area contributed by atoms with E-state index >= 15 is 0 Å². The Morgan fingerprint density at radius 2 is 2.00 bits per heavy atom. The molecule has 2 rings (SSSR count). The third-order valence-electron chi connectivity index (χ3n) is 3.87. The number of nitrogens with zero attached hydrogens (tertiary/aromatic N) is 1. The van der Waals surface area contributed by atoms with Crippen molar-refractivity contribution < 1.29 is 9.53 Å². The Balaban J connectivity index is 1.66. The van der Waals surface area contributed by atoms with Crippen LogP contribution in [0.25, 0.3) is 0 Å². The van der Waals surface area contributed by atoms with E-state index in [0.29, 0.717) is 25.2 Å². The lowest BCUT2D eigenvalue weighted by molar-refractivity contribution is 0.170. The topological polar surface area (TPSA) is 53.6 Å². The summed E-state index contributed by atoms with van der Waals surface area (Å²) in [6, 6.07) is 10.7. The lowest BCUT2D eigenvalue weighted by atomic mass is 10.0. The van der Waals surface area contributed by atoms with E-state index < -0.39 is 0 Å². The molecule has 122 valence electrons. The summed E-state index contributed by atoms with van der Waals surface area (Å²) in [5.74, 6) is 0.905. The third kappa shape index (κ3) is 5.22. The van der Waals surface area contributed by atoms with Crippen molar-refractivity contribution in [2.75, 3.05) is 26.2 Å². The molecular formula is C17H27N3O2. The van der Waals surface area contributed by atoms with E-state index in [2.05, 4.69) is 17.6 Å². The lowest BCUT2D eigenvalue weighted by Gasteiger charge is -2.33. The maximum atomic E-state index is 11.8. The highest BCUT2D eigenvalue weighted by atomic mass is 16.5. The molecule has 1 aliphatic rings. The van der Waals surface area contributed by atoms with Crippen LogP contribution in [0.3, 0.4) is 0 Å². The third-order valence-corrected chi connectivity index (χ3v) is 3.87. The first-order valence-corrected chi connectivity index (χ1v) is 8.15. The van der Waals surface area contributed by atoms with Crippen molar-refractivity contribution in [2.45, 2.75) is 38.8 Å². The zero-order valence-electron chi connectivity index (χ0n) is 13.5. The Kier molecular flexibility index (Phi) is 6.52. The van der Waals surface area contributed by atoms with Gasteiger partial charge in [0.25, 0.3) is 0 Å². The van der Waals surface area contributed by atoms with Crippen LogP contribution in [0.5, 0.6) is 5.75 Å². The Hall–Kier alpha value is -1.75. The minimum atomic E-state index is 0.0569. The van der Waals surface area contributed by atoms with Crippen LogP contribution >= 0.6 is 0 Å². The molecule has 5 nitrogen and oxygen atoms in total. The first-order chi connectivity index (χ1) is 10.7. The number of carbonyl (C=O) groups is 1.